The van der Waals surface area contributed by atoms with Crippen molar-refractivity contribution in [1.29, 1.82) is 0 Å². The van der Waals surface area contributed by atoms with Crippen molar-refractivity contribution < 1.29 is 9.59 Å². The molecule has 2 heterocycles. The van der Waals surface area contributed by atoms with Crippen LogP contribution in [0.4, 0.5) is 5.13 Å². The van der Waals surface area contributed by atoms with Gasteiger partial charge in [0.05, 0.1) is 12.6 Å². The van der Waals surface area contributed by atoms with E-state index in [1.54, 1.807) is 30.5 Å². The number of hydrazone groups is 1. The summed E-state index contributed by atoms with van der Waals surface area (Å²) in [6.07, 6.45) is 3.42. The van der Waals surface area contributed by atoms with Gasteiger partial charge in [-0.1, -0.05) is 45.5 Å². The number of H-pyrrole nitrogens is 1. The number of hydrogen-bond donors (Lipinski definition) is 3. The molecule has 30 heavy (non-hydrogen) atoms. The van der Waals surface area contributed by atoms with Crippen LogP contribution in [0.3, 0.4) is 0 Å². The number of rotatable bonds is 6. The second-order valence-corrected chi connectivity index (χ2v) is 8.20. The Hall–Kier alpha value is -3.37. The van der Waals surface area contributed by atoms with Crippen molar-refractivity contribution in [2.75, 3.05) is 5.32 Å². The summed E-state index contributed by atoms with van der Waals surface area (Å²) in [7, 11) is 0. The van der Waals surface area contributed by atoms with Crippen molar-refractivity contribution in [2.45, 2.75) is 6.42 Å². The summed E-state index contributed by atoms with van der Waals surface area (Å²) in [5.74, 6) is -0.619. The van der Waals surface area contributed by atoms with Gasteiger partial charge in [0.25, 0.3) is 5.91 Å². The maximum absolute atomic E-state index is 12.2. The van der Waals surface area contributed by atoms with Crippen LogP contribution in [-0.2, 0) is 11.2 Å². The van der Waals surface area contributed by atoms with E-state index in [1.165, 1.54) is 0 Å². The number of anilines is 1. The second kappa shape index (κ2) is 8.97. The average molecular weight is 483 g/mol. The highest BCUT2D eigenvalue weighted by Crippen LogP contribution is 2.18. The largest absolute Gasteiger partial charge is 0.361 e. The number of nitrogens with zero attached hydrogens (tertiary/aromatic N) is 3. The molecule has 0 atom stereocenters. The van der Waals surface area contributed by atoms with E-state index in [9.17, 15) is 9.59 Å². The topological polar surface area (TPSA) is 112 Å². The number of amides is 2. The number of carbonyl (C=O) groups is 2. The van der Waals surface area contributed by atoms with Crippen LogP contribution in [0.1, 0.15) is 20.9 Å². The van der Waals surface area contributed by atoms with Gasteiger partial charge >= 0.3 is 0 Å². The molecule has 2 amide bonds. The fourth-order valence-corrected chi connectivity index (χ4v) is 3.70. The number of para-hydroxylation sites is 1. The Morgan fingerprint density at radius 1 is 1.13 bits per heavy atom. The van der Waals surface area contributed by atoms with Crippen LogP contribution in [-0.4, -0.2) is 33.2 Å². The van der Waals surface area contributed by atoms with Crippen molar-refractivity contribution in [3.8, 4) is 0 Å². The Morgan fingerprint density at radius 3 is 2.77 bits per heavy atom. The molecule has 4 rings (SSSR count). The van der Waals surface area contributed by atoms with Gasteiger partial charge in [-0.25, -0.2) is 5.43 Å². The van der Waals surface area contributed by atoms with Gasteiger partial charge in [0.2, 0.25) is 11.0 Å². The van der Waals surface area contributed by atoms with Gasteiger partial charge in [0.1, 0.15) is 5.01 Å². The van der Waals surface area contributed by atoms with Crippen LogP contribution in [0, 0.1) is 0 Å². The zero-order valence-electron chi connectivity index (χ0n) is 15.4. The SMILES string of the molecule is O=C(Cc1nnc(NC(=O)c2ccc(Br)cc2)s1)N/N=C\c1c[nH]c2ccccc12. The van der Waals surface area contributed by atoms with Gasteiger partial charge in [-0.2, -0.15) is 5.10 Å². The zero-order chi connectivity index (χ0) is 20.9. The number of aromatic amines is 1. The van der Waals surface area contributed by atoms with Crippen LogP contribution in [0.25, 0.3) is 10.9 Å². The Kier molecular flexibility index (Phi) is 5.96. The van der Waals surface area contributed by atoms with Gasteiger partial charge < -0.3 is 4.98 Å². The van der Waals surface area contributed by atoms with Gasteiger partial charge in [-0.3, -0.25) is 14.9 Å². The first kappa shape index (κ1) is 19.9. The summed E-state index contributed by atoms with van der Waals surface area (Å²) in [5, 5.41) is 16.4. The van der Waals surface area contributed by atoms with Gasteiger partial charge in [0.15, 0.2) is 0 Å². The lowest BCUT2D eigenvalue weighted by atomic mass is 10.2. The molecule has 0 spiro atoms. The standard InChI is InChI=1S/C20H15BrN6O2S/c21-14-7-5-12(6-8-14)19(29)24-20-27-26-18(30-20)9-17(28)25-23-11-13-10-22-16-4-2-1-3-15(13)16/h1-8,10-11,22H,9H2,(H,25,28)(H,24,27,29)/b23-11-. The first-order chi connectivity index (χ1) is 14.6. The Bertz CT molecular complexity index is 1230. The van der Waals surface area contributed by atoms with Gasteiger partial charge in [-0.05, 0) is 30.3 Å². The highest BCUT2D eigenvalue weighted by molar-refractivity contribution is 9.10. The molecule has 0 fully saturated rings. The van der Waals surface area contributed by atoms with Gasteiger partial charge in [-0.15, -0.1) is 10.2 Å². The van der Waals surface area contributed by atoms with Crippen molar-refractivity contribution in [3.05, 3.63) is 75.3 Å². The molecule has 0 unspecified atom stereocenters. The molecule has 150 valence electrons. The van der Waals surface area contributed by atoms with Gasteiger partial charge in [0, 0.05) is 32.7 Å². The lowest BCUT2D eigenvalue weighted by molar-refractivity contribution is -0.120. The molecule has 0 radical (unpaired) electrons. The number of aromatic nitrogens is 3. The van der Waals surface area contributed by atoms with E-state index in [2.05, 4.69) is 47.0 Å². The van der Waals surface area contributed by atoms with Crippen molar-refractivity contribution >= 4 is 61.3 Å². The van der Waals surface area contributed by atoms with E-state index in [0.717, 1.165) is 32.3 Å². The highest BCUT2D eigenvalue weighted by atomic mass is 79.9. The number of hydrogen-bond acceptors (Lipinski definition) is 6. The average Bonchev–Trinajstić information content (AvgIpc) is 3.35. The Labute approximate surface area is 183 Å². The molecule has 0 aliphatic heterocycles. The maximum atomic E-state index is 12.2. The molecule has 8 nitrogen and oxygen atoms in total. The molecule has 10 heteroatoms. The van der Waals surface area contributed by atoms with E-state index in [1.807, 2.05) is 30.5 Å². The summed E-state index contributed by atoms with van der Waals surface area (Å²) >= 11 is 4.47. The predicted octanol–water partition coefficient (Wildman–Crippen LogP) is 3.73. The van der Waals surface area contributed by atoms with E-state index < -0.39 is 0 Å². The van der Waals surface area contributed by atoms with Crippen molar-refractivity contribution in [2.24, 2.45) is 5.10 Å². The van der Waals surface area contributed by atoms with Crippen LogP contribution in [0.2, 0.25) is 0 Å². The lowest BCUT2D eigenvalue weighted by Gasteiger charge is -2.00. The van der Waals surface area contributed by atoms with E-state index in [4.69, 9.17) is 0 Å². The third-order valence-corrected chi connectivity index (χ3v) is 5.49. The highest BCUT2D eigenvalue weighted by Gasteiger charge is 2.12. The summed E-state index contributed by atoms with van der Waals surface area (Å²) in [4.78, 5) is 27.5. The first-order valence-electron chi connectivity index (χ1n) is 8.86. The molecule has 3 N–H and O–H groups in total. The zero-order valence-corrected chi connectivity index (χ0v) is 17.8. The maximum Gasteiger partial charge on any atom is 0.257 e. The number of fused-ring (bicyclic) bond motifs is 1. The fourth-order valence-electron chi connectivity index (χ4n) is 2.70. The lowest BCUT2D eigenvalue weighted by Crippen LogP contribution is -2.19. The minimum absolute atomic E-state index is 0.0110. The third kappa shape index (κ3) is 4.78. The Balaban J connectivity index is 1.31. The van der Waals surface area contributed by atoms with Crippen molar-refractivity contribution in [1.82, 2.24) is 20.6 Å². The molecular formula is C20H15BrN6O2S. The van der Waals surface area contributed by atoms with E-state index in [-0.39, 0.29) is 18.2 Å². The number of nitrogens with one attached hydrogen (secondary N) is 3. The summed E-state index contributed by atoms with van der Waals surface area (Å²) in [5.41, 5.74) is 4.85. The van der Waals surface area contributed by atoms with Crippen LogP contribution >= 0.6 is 27.3 Å². The van der Waals surface area contributed by atoms with Crippen LogP contribution in [0.15, 0.2) is 64.3 Å². The summed E-state index contributed by atoms with van der Waals surface area (Å²) in [6, 6.07) is 14.8. The molecule has 0 saturated carbocycles. The third-order valence-electron chi connectivity index (χ3n) is 4.12. The number of carbonyl (C=O) groups excluding carboxylic acids is 2. The molecule has 4 aromatic rings. The predicted molar refractivity (Wildman–Crippen MR) is 120 cm³/mol. The minimum atomic E-state index is -0.326. The second-order valence-electron chi connectivity index (χ2n) is 6.22. The molecule has 2 aromatic carbocycles. The molecular weight excluding hydrogens is 468 g/mol. The van der Waals surface area contributed by atoms with Crippen molar-refractivity contribution in [3.63, 3.8) is 0 Å². The number of benzene rings is 2. The molecule has 0 bridgehead atoms. The summed E-state index contributed by atoms with van der Waals surface area (Å²) in [6.45, 7) is 0. The summed E-state index contributed by atoms with van der Waals surface area (Å²) < 4.78 is 0.885. The Morgan fingerprint density at radius 2 is 1.93 bits per heavy atom. The van der Waals surface area contributed by atoms with Crippen LogP contribution < -0.4 is 10.7 Å². The molecule has 0 aliphatic rings. The molecule has 2 aromatic heterocycles. The quantitative estimate of drug-likeness (QED) is 0.287. The minimum Gasteiger partial charge on any atom is -0.361 e. The number of halogens is 1. The van der Waals surface area contributed by atoms with E-state index in [0.29, 0.717) is 15.7 Å². The molecule has 0 aliphatic carbocycles. The fraction of sp³-hybridized carbons (Fsp3) is 0.0500. The smallest absolute Gasteiger partial charge is 0.257 e. The molecule has 0 saturated heterocycles. The monoisotopic (exact) mass is 482 g/mol. The first-order valence-corrected chi connectivity index (χ1v) is 10.5. The normalized spacial score (nSPS) is 11.1. The van der Waals surface area contributed by atoms with E-state index >= 15 is 0 Å². The van der Waals surface area contributed by atoms with Crippen LogP contribution in [0.5, 0.6) is 0 Å².